The lowest BCUT2D eigenvalue weighted by atomic mass is 9.55. The first-order valence-electron chi connectivity index (χ1n) is 24.7. The molecule has 2 aliphatic carbocycles. The van der Waals surface area contributed by atoms with E-state index in [4.69, 9.17) is 28.9 Å². The molecule has 2 fully saturated rings. The first-order chi connectivity index (χ1) is 34.2. The van der Waals surface area contributed by atoms with Gasteiger partial charge in [0.2, 0.25) is 18.0 Å². The molecule has 0 bridgehead atoms. The van der Waals surface area contributed by atoms with Crippen molar-refractivity contribution in [1.82, 2.24) is 10.2 Å². The molecule has 7 atom stereocenters. The van der Waals surface area contributed by atoms with Gasteiger partial charge >= 0.3 is 6.09 Å². The second kappa shape index (κ2) is 23.5. The molecule has 0 aromatic heterocycles. The van der Waals surface area contributed by atoms with E-state index in [9.17, 15) is 25.1 Å². The number of oxime groups is 1. The Hall–Kier alpha value is -6.39. The number of fused-ring (bicyclic) bond motifs is 3. The number of non-ortho nitro benzene ring substituents is 1. The van der Waals surface area contributed by atoms with Crippen molar-refractivity contribution in [2.45, 2.75) is 102 Å². The zero-order valence-corrected chi connectivity index (χ0v) is 39.8. The summed E-state index contributed by atoms with van der Waals surface area (Å²) in [6.45, 7) is 7.09. The average molecular weight is 957 g/mol. The van der Waals surface area contributed by atoms with E-state index >= 15 is 4.79 Å². The number of hydrogen-bond acceptors (Lipinski definition) is 12. The molecule has 0 radical (unpaired) electrons. The van der Waals surface area contributed by atoms with Crippen LogP contribution in [0.2, 0.25) is 0 Å². The fraction of sp³-hybridized carbons (Fsp3) is 0.436. The number of nitro groups is 1. The van der Waals surface area contributed by atoms with Gasteiger partial charge in [-0.05, 0) is 121 Å². The number of carbonyl (C=O) groups excluding carboxylic acids is 2. The van der Waals surface area contributed by atoms with E-state index in [-0.39, 0.29) is 62.1 Å². The maximum atomic E-state index is 15.5. The molecule has 0 spiro atoms. The lowest BCUT2D eigenvalue weighted by Gasteiger charge is -2.60. The van der Waals surface area contributed by atoms with E-state index in [1.807, 2.05) is 55.5 Å². The Labute approximate surface area is 408 Å². The van der Waals surface area contributed by atoms with Gasteiger partial charge in [0.05, 0.1) is 29.8 Å². The van der Waals surface area contributed by atoms with Crippen molar-refractivity contribution >= 4 is 40.2 Å². The van der Waals surface area contributed by atoms with Crippen LogP contribution in [0.3, 0.4) is 0 Å². The van der Waals surface area contributed by atoms with Crippen molar-refractivity contribution in [2.24, 2.45) is 22.9 Å². The van der Waals surface area contributed by atoms with Gasteiger partial charge in [-0.3, -0.25) is 14.9 Å². The molecule has 370 valence electrons. The monoisotopic (exact) mass is 956 g/mol. The van der Waals surface area contributed by atoms with Crippen molar-refractivity contribution in [3.8, 4) is 11.5 Å². The molecular weight excluding hydrogens is 893 g/mol. The smallest absolute Gasteiger partial charge is 0.412 e. The quantitative estimate of drug-likeness (QED) is 0.0237. The summed E-state index contributed by atoms with van der Waals surface area (Å²) in [6.07, 6.45) is 12.8. The van der Waals surface area contributed by atoms with Crippen molar-refractivity contribution in [3.05, 3.63) is 142 Å². The predicted molar refractivity (Wildman–Crippen MR) is 266 cm³/mol. The highest BCUT2D eigenvalue weighted by Crippen LogP contribution is 2.62. The highest BCUT2D eigenvalue weighted by molar-refractivity contribution is 6.03. The average Bonchev–Trinajstić information content (AvgIpc) is 3.37. The molecule has 1 saturated heterocycles. The second-order valence-corrected chi connectivity index (χ2v) is 18.4. The molecule has 70 heavy (non-hydrogen) atoms. The largest absolute Gasteiger partial charge is 0.459 e. The third-order valence-corrected chi connectivity index (χ3v) is 14.0. The summed E-state index contributed by atoms with van der Waals surface area (Å²) in [7, 11) is 0. The van der Waals surface area contributed by atoms with E-state index in [1.54, 1.807) is 41.3 Å². The Morgan fingerprint density at radius 3 is 2.53 bits per heavy atom. The number of carbonyl (C=O) groups is 2. The molecule has 4 aromatic rings. The van der Waals surface area contributed by atoms with Crippen LogP contribution in [0.25, 0.3) is 16.8 Å². The predicted octanol–water partition coefficient (Wildman–Crippen LogP) is 9.76. The summed E-state index contributed by atoms with van der Waals surface area (Å²) >= 11 is 0. The Bertz CT molecular complexity index is 2570. The van der Waals surface area contributed by atoms with Gasteiger partial charge in [0.1, 0.15) is 17.5 Å². The van der Waals surface area contributed by atoms with Crippen LogP contribution in [-0.2, 0) is 25.7 Å². The van der Waals surface area contributed by atoms with Crippen molar-refractivity contribution in [3.63, 3.8) is 0 Å². The lowest BCUT2D eigenvalue weighted by Crippen LogP contribution is -2.70. The van der Waals surface area contributed by atoms with Crippen LogP contribution < -0.4 is 14.8 Å². The third kappa shape index (κ3) is 11.1. The van der Waals surface area contributed by atoms with Gasteiger partial charge in [0.15, 0.2) is 0 Å². The number of ether oxygens (including phenoxy) is 4. The molecule has 15 heteroatoms. The van der Waals surface area contributed by atoms with Crippen LogP contribution in [0.15, 0.2) is 120 Å². The zero-order valence-electron chi connectivity index (χ0n) is 39.8. The second-order valence-electron chi connectivity index (χ2n) is 18.4. The summed E-state index contributed by atoms with van der Waals surface area (Å²) in [5.74, 6) is -2.19. The van der Waals surface area contributed by atoms with Crippen LogP contribution >= 0.6 is 0 Å². The number of benzene rings is 4. The molecule has 2 aliphatic heterocycles. The summed E-state index contributed by atoms with van der Waals surface area (Å²) in [5, 5.41) is 41.3. The molecule has 3 N–H and O–H groups in total. The van der Waals surface area contributed by atoms with Crippen LogP contribution in [-0.4, -0.2) is 88.8 Å². The molecule has 2 heterocycles. The van der Waals surface area contributed by atoms with Gasteiger partial charge in [-0.2, -0.15) is 0 Å². The van der Waals surface area contributed by atoms with Gasteiger partial charge in [-0.1, -0.05) is 72.6 Å². The SMILES string of the molecule is C=CCOC12Oc3ccc(OC(=O)NCC)cc3C3C(CCCCO)C(CCCCO)C=C(C(=NOC4CCCCO4)CC1N(Cc1cccc4ccccc14)C(=O)C=Cc1ccc([N+](=O)[O-])cc1)C32. The molecule has 4 aliphatic rings. The molecular formula is C55H64N4O11. The fourth-order valence-corrected chi connectivity index (χ4v) is 10.8. The number of nitro benzene ring substituents is 1. The number of aliphatic hydroxyl groups excluding tert-OH is 2. The molecule has 4 aromatic carbocycles. The van der Waals surface area contributed by atoms with Gasteiger partial charge in [0, 0.05) is 68.8 Å². The molecule has 7 unspecified atom stereocenters. The number of amides is 2. The summed E-state index contributed by atoms with van der Waals surface area (Å²) in [6, 6.07) is 24.6. The Morgan fingerprint density at radius 1 is 1.00 bits per heavy atom. The van der Waals surface area contributed by atoms with Crippen molar-refractivity contribution in [1.29, 1.82) is 0 Å². The Balaban J connectivity index is 1.36. The maximum absolute atomic E-state index is 15.5. The summed E-state index contributed by atoms with van der Waals surface area (Å²) in [4.78, 5) is 47.6. The zero-order chi connectivity index (χ0) is 49.0. The van der Waals surface area contributed by atoms with E-state index in [2.05, 4.69) is 18.0 Å². The minimum atomic E-state index is -1.58. The van der Waals surface area contributed by atoms with Gasteiger partial charge in [0.25, 0.3) is 5.69 Å². The minimum absolute atomic E-state index is 0.0248. The first kappa shape index (κ1) is 50.0. The minimum Gasteiger partial charge on any atom is -0.459 e. The Morgan fingerprint density at radius 2 is 1.79 bits per heavy atom. The van der Waals surface area contributed by atoms with Crippen molar-refractivity contribution < 1.29 is 48.5 Å². The fourth-order valence-electron chi connectivity index (χ4n) is 10.8. The first-order valence-corrected chi connectivity index (χ1v) is 24.7. The third-order valence-electron chi connectivity index (χ3n) is 14.0. The van der Waals surface area contributed by atoms with Crippen LogP contribution in [0.1, 0.15) is 93.7 Å². The Kier molecular flexibility index (Phi) is 16.8. The van der Waals surface area contributed by atoms with Gasteiger partial charge in [-0.15, -0.1) is 6.58 Å². The number of rotatable bonds is 21. The summed E-state index contributed by atoms with van der Waals surface area (Å²) in [5.41, 5.74) is 3.69. The maximum Gasteiger partial charge on any atom is 0.412 e. The number of unbranched alkanes of at least 4 members (excludes halogenated alkanes) is 2. The number of nitrogens with zero attached hydrogens (tertiary/aromatic N) is 3. The molecule has 2 amide bonds. The topological polar surface area (TPSA) is 192 Å². The number of aliphatic hydroxyl groups is 2. The van der Waals surface area contributed by atoms with Crippen LogP contribution in [0.5, 0.6) is 11.5 Å². The summed E-state index contributed by atoms with van der Waals surface area (Å²) < 4.78 is 26.5. The van der Waals surface area contributed by atoms with E-state index < -0.39 is 35.1 Å². The number of hydrogen-bond donors (Lipinski definition) is 3. The normalized spacial score (nSPS) is 24.2. The van der Waals surface area contributed by atoms with E-state index in [0.717, 1.165) is 59.6 Å². The number of allylic oxidation sites excluding steroid dienone is 1. The highest BCUT2D eigenvalue weighted by atomic mass is 16.8. The lowest BCUT2D eigenvalue weighted by molar-refractivity contribution is -0.384. The molecule has 15 nitrogen and oxygen atoms in total. The molecule has 1 saturated carbocycles. The van der Waals surface area contributed by atoms with E-state index in [1.165, 1.54) is 18.2 Å². The standard InChI is InChI=1S/C55H64N4O11/c1-3-31-67-55-49(58(36-40-17-13-16-38-14-5-6-18-43(38)40)50(62)28-23-37-21-24-41(25-22-37)59(64)65)35-47(57-70-51-20-9-12-32-66-51)45-33-39(15-7-10-29-60)44(19-8-11-30-61)52(53(45)55)46-34-42(26-27-48(46)69-55)68-54(63)56-4-2/h3,5-6,13-14,16-18,21-28,33-34,39,44,49,51-53,60-61H,1,4,7-12,15,19-20,29-32,35-36H2,2H3,(H,56,63). The van der Waals surface area contributed by atoms with Crippen molar-refractivity contribution in [2.75, 3.05) is 33.0 Å². The van der Waals surface area contributed by atoms with Crippen LogP contribution in [0.4, 0.5) is 10.5 Å². The molecule has 8 rings (SSSR count). The van der Waals surface area contributed by atoms with Gasteiger partial charge in [-0.25, -0.2) is 4.79 Å². The van der Waals surface area contributed by atoms with Gasteiger partial charge < -0.3 is 44.2 Å². The van der Waals surface area contributed by atoms with E-state index in [0.29, 0.717) is 61.6 Å². The highest BCUT2D eigenvalue weighted by Gasteiger charge is 2.65. The number of nitrogens with one attached hydrogen (secondary N) is 1. The van der Waals surface area contributed by atoms with Crippen LogP contribution in [0, 0.1) is 27.9 Å².